The number of nitrogens with zero attached hydrogens (tertiary/aromatic N) is 1. The molecule has 1 heterocycles. The molecule has 0 aromatic carbocycles. The number of piperidine rings is 1. The van der Waals surface area contributed by atoms with Gasteiger partial charge in [-0.2, -0.15) is 0 Å². The van der Waals surface area contributed by atoms with Gasteiger partial charge < -0.3 is 10.4 Å². The Morgan fingerprint density at radius 3 is 2.87 bits per heavy atom. The lowest BCUT2D eigenvalue weighted by atomic mass is 10.1. The molecule has 1 saturated carbocycles. The monoisotopic (exact) mass is 212 g/mol. The Morgan fingerprint density at radius 2 is 2.20 bits per heavy atom. The highest BCUT2D eigenvalue weighted by Crippen LogP contribution is 2.29. The third-order valence-corrected chi connectivity index (χ3v) is 3.29. The Hall–Kier alpha value is -0.610. The van der Waals surface area contributed by atoms with Gasteiger partial charge in [-0.15, -0.1) is 0 Å². The van der Waals surface area contributed by atoms with Crippen LogP contribution in [-0.2, 0) is 4.79 Å². The van der Waals surface area contributed by atoms with E-state index in [0.29, 0.717) is 12.6 Å². The smallest absolute Gasteiger partial charge is 0.304 e. The van der Waals surface area contributed by atoms with Crippen LogP contribution in [0.5, 0.6) is 0 Å². The second kappa shape index (κ2) is 4.94. The van der Waals surface area contributed by atoms with Crippen molar-refractivity contribution in [1.29, 1.82) is 0 Å². The first-order chi connectivity index (χ1) is 7.25. The zero-order valence-electron chi connectivity index (χ0n) is 9.11. The molecule has 4 heteroatoms. The summed E-state index contributed by atoms with van der Waals surface area (Å²) in [5, 5.41) is 11.9. The van der Waals surface area contributed by atoms with Crippen LogP contribution in [0.3, 0.4) is 0 Å². The normalized spacial score (nSPS) is 27.9. The van der Waals surface area contributed by atoms with Gasteiger partial charge in [0.1, 0.15) is 0 Å². The molecule has 1 unspecified atom stereocenters. The first-order valence-electron chi connectivity index (χ1n) is 5.95. The van der Waals surface area contributed by atoms with E-state index in [1.165, 1.54) is 32.2 Å². The van der Waals surface area contributed by atoms with Crippen LogP contribution in [0.15, 0.2) is 0 Å². The van der Waals surface area contributed by atoms with Crippen molar-refractivity contribution in [3.8, 4) is 0 Å². The highest BCUT2D eigenvalue weighted by atomic mass is 16.4. The van der Waals surface area contributed by atoms with E-state index in [0.717, 1.165) is 12.6 Å². The maximum atomic E-state index is 10.4. The summed E-state index contributed by atoms with van der Waals surface area (Å²) >= 11 is 0. The lowest BCUT2D eigenvalue weighted by Gasteiger charge is -2.33. The van der Waals surface area contributed by atoms with Crippen molar-refractivity contribution in [1.82, 2.24) is 10.2 Å². The molecule has 1 aliphatic carbocycles. The Morgan fingerprint density at radius 1 is 1.40 bits per heavy atom. The zero-order chi connectivity index (χ0) is 10.7. The molecule has 2 fully saturated rings. The molecule has 0 spiro atoms. The van der Waals surface area contributed by atoms with Gasteiger partial charge >= 0.3 is 5.97 Å². The van der Waals surface area contributed by atoms with Gasteiger partial charge in [0.05, 0.1) is 6.42 Å². The average Bonchev–Trinajstić information content (AvgIpc) is 3.01. The van der Waals surface area contributed by atoms with Crippen LogP contribution in [0.2, 0.25) is 0 Å². The molecular formula is C11H20N2O2. The minimum atomic E-state index is -0.711. The average molecular weight is 212 g/mol. The van der Waals surface area contributed by atoms with Crippen molar-refractivity contribution in [2.45, 2.75) is 44.2 Å². The fraction of sp³-hybridized carbons (Fsp3) is 0.909. The summed E-state index contributed by atoms with van der Waals surface area (Å²) < 4.78 is 0. The minimum absolute atomic E-state index is 0.236. The molecule has 1 saturated heterocycles. The fourth-order valence-corrected chi connectivity index (χ4v) is 2.33. The minimum Gasteiger partial charge on any atom is -0.481 e. The van der Waals surface area contributed by atoms with E-state index in [2.05, 4.69) is 10.2 Å². The first-order valence-corrected chi connectivity index (χ1v) is 5.95. The molecule has 1 atom stereocenters. The van der Waals surface area contributed by atoms with Crippen molar-refractivity contribution in [2.24, 2.45) is 0 Å². The third kappa shape index (κ3) is 3.47. The number of hydrogen-bond donors (Lipinski definition) is 2. The molecule has 2 N–H and O–H groups in total. The summed E-state index contributed by atoms with van der Waals surface area (Å²) in [6, 6.07) is 1.35. The number of nitrogens with one attached hydrogen (secondary N) is 1. The Bertz CT molecular complexity index is 229. The van der Waals surface area contributed by atoms with Crippen LogP contribution in [0.25, 0.3) is 0 Å². The lowest BCUT2D eigenvalue weighted by molar-refractivity contribution is -0.136. The van der Waals surface area contributed by atoms with Crippen molar-refractivity contribution in [3.05, 3.63) is 0 Å². The largest absolute Gasteiger partial charge is 0.481 e. The molecule has 2 aliphatic rings. The van der Waals surface area contributed by atoms with E-state index in [4.69, 9.17) is 5.11 Å². The summed E-state index contributed by atoms with van der Waals surface area (Å²) in [6.07, 6.45) is 5.41. The molecule has 0 radical (unpaired) electrons. The molecule has 1 aliphatic heterocycles. The molecule has 0 aromatic rings. The van der Waals surface area contributed by atoms with Crippen LogP contribution < -0.4 is 5.32 Å². The molecule has 0 amide bonds. The highest BCUT2D eigenvalue weighted by molar-refractivity contribution is 5.66. The predicted molar refractivity (Wildman–Crippen MR) is 57.9 cm³/mol. The van der Waals surface area contributed by atoms with E-state index in [9.17, 15) is 4.79 Å². The quantitative estimate of drug-likeness (QED) is 0.703. The molecule has 86 valence electrons. The summed E-state index contributed by atoms with van der Waals surface area (Å²) in [5.41, 5.74) is 0. The number of carboxylic acids is 1. The molecule has 0 bridgehead atoms. The molecule has 4 nitrogen and oxygen atoms in total. The summed E-state index contributed by atoms with van der Waals surface area (Å²) in [5.74, 6) is -0.711. The number of likely N-dealkylation sites (tertiary alicyclic amines) is 1. The van der Waals surface area contributed by atoms with Crippen LogP contribution in [0, 0.1) is 0 Å². The highest BCUT2D eigenvalue weighted by Gasteiger charge is 2.32. The molecule has 2 rings (SSSR count). The molecule has 0 aromatic heterocycles. The third-order valence-electron chi connectivity index (χ3n) is 3.29. The van der Waals surface area contributed by atoms with Crippen LogP contribution in [0.1, 0.15) is 32.1 Å². The second-order valence-electron chi connectivity index (χ2n) is 4.66. The number of aliphatic carboxylic acids is 1. The van der Waals surface area contributed by atoms with Crippen molar-refractivity contribution in [2.75, 3.05) is 19.6 Å². The number of carbonyl (C=O) groups is 1. The Balaban J connectivity index is 1.65. The SMILES string of the molecule is O=C(O)CCNC1CCCN(C2CC2)C1. The standard InChI is InChI=1S/C11H20N2O2/c14-11(15)5-6-12-9-2-1-7-13(8-9)10-3-4-10/h9-10,12H,1-8H2,(H,14,15). The predicted octanol–water partition coefficient (Wildman–Crippen LogP) is 0.677. The van der Waals surface area contributed by atoms with Gasteiger partial charge in [0.25, 0.3) is 0 Å². The first kappa shape index (κ1) is 10.9. The molecular weight excluding hydrogens is 192 g/mol. The van der Waals surface area contributed by atoms with E-state index in [1.807, 2.05) is 0 Å². The summed E-state index contributed by atoms with van der Waals surface area (Å²) in [4.78, 5) is 12.9. The fourth-order valence-electron chi connectivity index (χ4n) is 2.33. The van der Waals surface area contributed by atoms with Crippen LogP contribution >= 0.6 is 0 Å². The Labute approximate surface area is 90.6 Å². The number of rotatable bonds is 5. The van der Waals surface area contributed by atoms with E-state index in [-0.39, 0.29) is 6.42 Å². The van der Waals surface area contributed by atoms with Crippen molar-refractivity contribution < 1.29 is 9.90 Å². The van der Waals surface area contributed by atoms with Gasteiger partial charge in [0, 0.05) is 25.2 Å². The van der Waals surface area contributed by atoms with Gasteiger partial charge in [-0.25, -0.2) is 0 Å². The zero-order valence-corrected chi connectivity index (χ0v) is 9.11. The van der Waals surface area contributed by atoms with E-state index >= 15 is 0 Å². The maximum absolute atomic E-state index is 10.4. The summed E-state index contributed by atoms with van der Waals surface area (Å²) in [7, 11) is 0. The van der Waals surface area contributed by atoms with Crippen LogP contribution in [-0.4, -0.2) is 47.7 Å². The number of carboxylic acid groups (broad SMARTS) is 1. The molecule has 15 heavy (non-hydrogen) atoms. The number of hydrogen-bond acceptors (Lipinski definition) is 3. The van der Waals surface area contributed by atoms with Gasteiger partial charge in [-0.05, 0) is 32.2 Å². The Kier molecular flexibility index (Phi) is 3.59. The van der Waals surface area contributed by atoms with Gasteiger partial charge in [-0.3, -0.25) is 9.69 Å². The van der Waals surface area contributed by atoms with E-state index in [1.54, 1.807) is 0 Å². The van der Waals surface area contributed by atoms with Crippen molar-refractivity contribution >= 4 is 5.97 Å². The van der Waals surface area contributed by atoms with Gasteiger partial charge in [-0.1, -0.05) is 0 Å². The second-order valence-corrected chi connectivity index (χ2v) is 4.66. The van der Waals surface area contributed by atoms with Gasteiger partial charge in [0.15, 0.2) is 0 Å². The van der Waals surface area contributed by atoms with Crippen LogP contribution in [0.4, 0.5) is 0 Å². The maximum Gasteiger partial charge on any atom is 0.304 e. The lowest BCUT2D eigenvalue weighted by Crippen LogP contribution is -2.46. The summed E-state index contributed by atoms with van der Waals surface area (Å²) in [6.45, 7) is 2.96. The van der Waals surface area contributed by atoms with E-state index < -0.39 is 5.97 Å². The van der Waals surface area contributed by atoms with Gasteiger partial charge in [0.2, 0.25) is 0 Å². The van der Waals surface area contributed by atoms with Crippen molar-refractivity contribution in [3.63, 3.8) is 0 Å². The topological polar surface area (TPSA) is 52.6 Å².